The average molecular weight is 159 g/mol. The molecule has 0 fully saturated rings. The summed E-state index contributed by atoms with van der Waals surface area (Å²) in [5.74, 6) is 5.11. The topological polar surface area (TPSA) is 61.9 Å². The maximum atomic E-state index is 7.32. The summed E-state index contributed by atoms with van der Waals surface area (Å²) < 4.78 is 0. The van der Waals surface area contributed by atoms with Gasteiger partial charge in [0.05, 0.1) is 0 Å². The largest absolute Gasteiger partial charge is 0.305 e. The molecule has 0 aromatic rings. The highest BCUT2D eigenvalue weighted by Gasteiger charge is 1.99. The zero-order chi connectivity index (χ0) is 8.15. The van der Waals surface area contributed by atoms with Crippen LogP contribution < -0.4 is 11.3 Å². The Morgan fingerprint density at radius 1 is 1.60 bits per heavy atom. The molecule has 0 heterocycles. The number of hydrogen-bond donors (Lipinski definition) is 3. The highest BCUT2D eigenvalue weighted by Crippen LogP contribution is 2.10. The van der Waals surface area contributed by atoms with Crippen molar-refractivity contribution in [2.24, 2.45) is 5.84 Å². The van der Waals surface area contributed by atoms with E-state index in [0.717, 1.165) is 10.9 Å². The van der Waals surface area contributed by atoms with Crippen LogP contribution in [0.3, 0.4) is 0 Å². The Morgan fingerprint density at radius 2 is 2.10 bits per heavy atom. The van der Waals surface area contributed by atoms with Gasteiger partial charge < -0.3 is 5.41 Å². The van der Waals surface area contributed by atoms with E-state index >= 15 is 0 Å². The highest BCUT2D eigenvalue weighted by molar-refractivity contribution is 7.22. The monoisotopic (exact) mass is 159 g/mol. The van der Waals surface area contributed by atoms with Crippen LogP contribution in [0.5, 0.6) is 0 Å². The van der Waals surface area contributed by atoms with Gasteiger partial charge in [-0.05, 0) is 24.7 Å². The molecule has 4 heteroatoms. The van der Waals surface area contributed by atoms with Crippen LogP contribution in [0.15, 0.2) is 10.9 Å². The van der Waals surface area contributed by atoms with E-state index in [1.165, 1.54) is 0 Å². The number of allylic oxidation sites excluding steroid dienone is 1. The molecule has 0 aliphatic heterocycles. The summed E-state index contributed by atoms with van der Waals surface area (Å²) in [5.41, 5.74) is 4.03. The van der Waals surface area contributed by atoms with Gasteiger partial charge in [0, 0.05) is 12.3 Å². The molecule has 0 saturated carbocycles. The van der Waals surface area contributed by atoms with E-state index in [0.29, 0.717) is 12.3 Å². The predicted molar refractivity (Wildman–Crippen MR) is 48.0 cm³/mol. The van der Waals surface area contributed by atoms with Crippen LogP contribution >= 0.6 is 9.24 Å². The summed E-state index contributed by atoms with van der Waals surface area (Å²) in [5, 5.41) is 8.38. The lowest BCUT2D eigenvalue weighted by Gasteiger charge is -2.05. The average Bonchev–Trinajstić information content (AvgIpc) is 1.81. The molecule has 1 unspecified atom stereocenters. The van der Waals surface area contributed by atoms with Crippen molar-refractivity contribution in [1.82, 2.24) is 5.43 Å². The first-order chi connectivity index (χ1) is 4.59. The normalized spacial score (nSPS) is 12.8. The van der Waals surface area contributed by atoms with Gasteiger partial charge in [-0.15, -0.1) is 9.24 Å². The minimum atomic E-state index is 0.560. The van der Waals surface area contributed by atoms with E-state index in [2.05, 4.69) is 14.7 Å². The van der Waals surface area contributed by atoms with Gasteiger partial charge in [0.25, 0.3) is 0 Å². The van der Waals surface area contributed by atoms with Crippen molar-refractivity contribution in [3.63, 3.8) is 0 Å². The molecule has 0 bridgehead atoms. The molecule has 0 amide bonds. The second-order valence-electron chi connectivity index (χ2n) is 2.17. The van der Waals surface area contributed by atoms with Crippen LogP contribution in [0, 0.1) is 5.41 Å². The molecule has 0 rings (SSSR count). The minimum Gasteiger partial charge on any atom is -0.305 e. The van der Waals surface area contributed by atoms with Crippen molar-refractivity contribution in [1.29, 1.82) is 5.41 Å². The van der Waals surface area contributed by atoms with Crippen LogP contribution in [0.1, 0.15) is 13.8 Å². The molecule has 3 nitrogen and oxygen atoms in total. The minimum absolute atomic E-state index is 0.560. The lowest BCUT2D eigenvalue weighted by Crippen LogP contribution is -2.26. The molecule has 0 spiro atoms. The van der Waals surface area contributed by atoms with Gasteiger partial charge in [0.1, 0.15) is 0 Å². The second kappa shape index (κ2) is 4.56. The number of nitrogens with one attached hydrogen (secondary N) is 2. The third-order valence-corrected chi connectivity index (χ3v) is 1.56. The Morgan fingerprint density at radius 3 is 2.20 bits per heavy atom. The van der Waals surface area contributed by atoms with Crippen molar-refractivity contribution >= 4 is 15.0 Å². The Bertz CT molecular complexity index is 158. The van der Waals surface area contributed by atoms with Crippen LogP contribution in [0.4, 0.5) is 0 Å². The van der Waals surface area contributed by atoms with Crippen LogP contribution in [0.2, 0.25) is 0 Å². The number of rotatable bonds is 3. The first kappa shape index (κ1) is 9.76. The molecule has 0 aromatic carbocycles. The van der Waals surface area contributed by atoms with E-state index < -0.39 is 0 Å². The summed E-state index contributed by atoms with van der Waals surface area (Å²) in [4.78, 5) is 0. The molecule has 1 atom stereocenters. The molecule has 4 N–H and O–H groups in total. The molecule has 58 valence electrons. The Labute approximate surface area is 63.7 Å². The second-order valence-corrected chi connectivity index (χ2v) is 3.03. The van der Waals surface area contributed by atoms with Crippen molar-refractivity contribution < 1.29 is 0 Å². The quantitative estimate of drug-likeness (QED) is 0.245. The molecule has 10 heavy (non-hydrogen) atoms. The van der Waals surface area contributed by atoms with Gasteiger partial charge in [0.15, 0.2) is 0 Å². The fourth-order valence-corrected chi connectivity index (χ4v) is 0.988. The van der Waals surface area contributed by atoms with Crippen LogP contribution in [-0.2, 0) is 0 Å². The fraction of sp³-hybridized carbons (Fsp3) is 0.500. The van der Waals surface area contributed by atoms with E-state index in [1.54, 1.807) is 6.92 Å². The maximum absolute atomic E-state index is 7.32. The van der Waals surface area contributed by atoms with Gasteiger partial charge in [-0.25, -0.2) is 0 Å². The molecule has 0 aromatic heterocycles. The molecule has 0 saturated heterocycles. The zero-order valence-corrected chi connectivity index (χ0v) is 7.52. The highest BCUT2D eigenvalue weighted by atomic mass is 31.0. The molecular weight excluding hydrogens is 145 g/mol. The summed E-state index contributed by atoms with van der Waals surface area (Å²) in [6.07, 6.45) is 0. The molecule has 0 aliphatic rings. The van der Waals surface area contributed by atoms with Gasteiger partial charge in [-0.1, -0.05) is 0 Å². The van der Waals surface area contributed by atoms with Crippen molar-refractivity contribution in [3.05, 3.63) is 10.9 Å². The predicted octanol–water partition coefficient (Wildman–Crippen LogP) is 0.638. The Hall–Kier alpha value is -0.240. The van der Waals surface area contributed by atoms with Crippen molar-refractivity contribution in [2.75, 3.05) is 6.54 Å². The lowest BCUT2D eigenvalue weighted by molar-refractivity contribution is 0.808. The number of hydrazine groups is 1. The smallest absolute Gasteiger partial charge is 0.0369 e. The molecule has 0 aliphatic carbocycles. The molecule has 0 radical (unpaired) electrons. The lowest BCUT2D eigenvalue weighted by atomic mass is 10.2. The maximum Gasteiger partial charge on any atom is 0.0369 e. The SMILES string of the molecule is CC(=N)/C(CNN)=C(/C)P. The third-order valence-electron chi connectivity index (χ3n) is 1.21. The van der Waals surface area contributed by atoms with E-state index in [1.807, 2.05) is 6.92 Å². The standard InChI is InChI=1S/C6H14N3P/c1-4(7)6(3-9-8)5(2)10/h7,9H,3,8,10H2,1-2H3/b6-5-,7-4?. The summed E-state index contributed by atoms with van der Waals surface area (Å²) in [6, 6.07) is 0. The van der Waals surface area contributed by atoms with E-state index in [-0.39, 0.29) is 0 Å². The Kier molecular flexibility index (Phi) is 4.45. The summed E-state index contributed by atoms with van der Waals surface area (Å²) in [6.45, 7) is 4.25. The van der Waals surface area contributed by atoms with Crippen molar-refractivity contribution in [2.45, 2.75) is 13.8 Å². The van der Waals surface area contributed by atoms with E-state index in [9.17, 15) is 0 Å². The first-order valence-corrected chi connectivity index (χ1v) is 3.61. The Balaban J connectivity index is 4.28. The van der Waals surface area contributed by atoms with Crippen molar-refractivity contribution in [3.8, 4) is 0 Å². The van der Waals surface area contributed by atoms with Crippen LogP contribution in [-0.4, -0.2) is 12.3 Å². The van der Waals surface area contributed by atoms with Gasteiger partial charge in [-0.2, -0.15) is 0 Å². The van der Waals surface area contributed by atoms with Gasteiger partial charge >= 0.3 is 0 Å². The molecular formula is C6H14N3P. The van der Waals surface area contributed by atoms with Gasteiger partial charge in [0.2, 0.25) is 0 Å². The zero-order valence-electron chi connectivity index (χ0n) is 6.36. The number of nitrogens with two attached hydrogens (primary N) is 1. The summed E-state index contributed by atoms with van der Waals surface area (Å²) >= 11 is 0. The summed E-state index contributed by atoms with van der Waals surface area (Å²) in [7, 11) is 2.56. The van der Waals surface area contributed by atoms with Crippen LogP contribution in [0.25, 0.3) is 0 Å². The third kappa shape index (κ3) is 3.06. The number of hydrogen-bond acceptors (Lipinski definition) is 3. The fourth-order valence-electron chi connectivity index (χ4n) is 0.670. The first-order valence-electron chi connectivity index (χ1n) is 3.03. The van der Waals surface area contributed by atoms with Gasteiger partial charge in [-0.3, -0.25) is 11.3 Å². The van der Waals surface area contributed by atoms with E-state index in [4.69, 9.17) is 11.3 Å².